The average molecular weight is 182 g/mol. The number of hydrogen-bond acceptors (Lipinski definition) is 3. The summed E-state index contributed by atoms with van der Waals surface area (Å²) in [6, 6.07) is 3.68. The molecule has 0 unspecified atom stereocenters. The van der Waals surface area contributed by atoms with Crippen LogP contribution in [0, 0.1) is 5.82 Å². The molecule has 1 rings (SSSR count). The second-order valence-corrected chi connectivity index (χ2v) is 2.33. The van der Waals surface area contributed by atoms with E-state index in [1.54, 1.807) is 0 Å². The number of ether oxygens (including phenoxy) is 1. The van der Waals surface area contributed by atoms with Gasteiger partial charge in [-0.3, -0.25) is 9.59 Å². The van der Waals surface area contributed by atoms with E-state index in [4.69, 9.17) is 4.74 Å². The minimum Gasteiger partial charge on any atom is -0.497 e. The van der Waals surface area contributed by atoms with Crippen molar-refractivity contribution in [1.82, 2.24) is 0 Å². The van der Waals surface area contributed by atoms with Gasteiger partial charge < -0.3 is 4.74 Å². The summed E-state index contributed by atoms with van der Waals surface area (Å²) in [5, 5.41) is 0. The lowest BCUT2D eigenvalue weighted by atomic mass is 10.1. The molecule has 0 amide bonds. The fraction of sp³-hybridized carbons (Fsp3) is 0.111. The molecule has 0 spiro atoms. The molecule has 0 N–H and O–H groups in total. The van der Waals surface area contributed by atoms with Crippen molar-refractivity contribution in [2.24, 2.45) is 0 Å². The van der Waals surface area contributed by atoms with E-state index in [1.807, 2.05) is 0 Å². The maximum atomic E-state index is 13.0. The summed E-state index contributed by atoms with van der Waals surface area (Å²) in [4.78, 5) is 20.8. The molecule has 0 saturated heterocycles. The van der Waals surface area contributed by atoms with Crippen LogP contribution >= 0.6 is 0 Å². The van der Waals surface area contributed by atoms with Crippen LogP contribution in [0.4, 0.5) is 4.39 Å². The highest BCUT2D eigenvalue weighted by molar-refractivity contribution is 6.33. The van der Waals surface area contributed by atoms with E-state index in [2.05, 4.69) is 0 Å². The van der Waals surface area contributed by atoms with Crippen LogP contribution in [0.5, 0.6) is 5.75 Å². The molecule has 0 radical (unpaired) electrons. The number of Topliss-reactive ketones (excluding diaryl/α,β-unsaturated/α-hetero) is 1. The van der Waals surface area contributed by atoms with Gasteiger partial charge in [-0.1, -0.05) is 0 Å². The van der Waals surface area contributed by atoms with Crippen LogP contribution in [0.3, 0.4) is 0 Å². The van der Waals surface area contributed by atoms with Crippen molar-refractivity contribution in [2.45, 2.75) is 0 Å². The number of rotatable bonds is 3. The Hall–Kier alpha value is -1.71. The second-order valence-electron chi connectivity index (χ2n) is 2.33. The number of methoxy groups -OCH3 is 1. The summed E-state index contributed by atoms with van der Waals surface area (Å²) < 4.78 is 17.7. The molecule has 1 aromatic carbocycles. The van der Waals surface area contributed by atoms with Crippen molar-refractivity contribution >= 4 is 12.1 Å². The SMILES string of the molecule is COc1ccc(C(=O)C=O)c(F)c1. The smallest absolute Gasteiger partial charge is 0.228 e. The molecule has 1 aromatic rings. The van der Waals surface area contributed by atoms with Crippen molar-refractivity contribution in [3.63, 3.8) is 0 Å². The molecule has 0 heterocycles. The minimum absolute atomic E-state index is 0.0743. The van der Waals surface area contributed by atoms with Gasteiger partial charge >= 0.3 is 0 Å². The van der Waals surface area contributed by atoms with Crippen LogP contribution in [0.15, 0.2) is 18.2 Å². The van der Waals surface area contributed by atoms with E-state index in [-0.39, 0.29) is 11.8 Å². The number of aldehydes is 1. The van der Waals surface area contributed by atoms with E-state index in [0.29, 0.717) is 5.75 Å². The molecule has 0 aliphatic heterocycles. The van der Waals surface area contributed by atoms with E-state index in [1.165, 1.54) is 19.2 Å². The largest absolute Gasteiger partial charge is 0.497 e. The molecular formula is C9H7FO3. The molecule has 0 aliphatic carbocycles. The number of carbonyl (C=O) groups is 2. The van der Waals surface area contributed by atoms with Crippen LogP contribution in [-0.2, 0) is 4.79 Å². The first-order valence-corrected chi connectivity index (χ1v) is 3.52. The number of ketones is 1. The Morgan fingerprint density at radius 2 is 2.23 bits per heavy atom. The van der Waals surface area contributed by atoms with Gasteiger partial charge in [0.15, 0.2) is 6.29 Å². The molecule has 4 heteroatoms. The zero-order valence-corrected chi connectivity index (χ0v) is 6.91. The van der Waals surface area contributed by atoms with Crippen LogP contribution in [0.25, 0.3) is 0 Å². The summed E-state index contributed by atoms with van der Waals surface area (Å²) >= 11 is 0. The first kappa shape index (κ1) is 9.38. The Labute approximate surface area is 74.1 Å². The predicted molar refractivity (Wildman–Crippen MR) is 43.3 cm³/mol. The zero-order valence-electron chi connectivity index (χ0n) is 6.91. The highest BCUT2D eigenvalue weighted by Gasteiger charge is 2.10. The monoisotopic (exact) mass is 182 g/mol. The first-order valence-electron chi connectivity index (χ1n) is 3.52. The quantitative estimate of drug-likeness (QED) is 0.401. The summed E-state index contributed by atoms with van der Waals surface area (Å²) in [5.74, 6) is -1.32. The minimum atomic E-state index is -0.875. The Morgan fingerprint density at radius 3 is 2.69 bits per heavy atom. The number of carbonyl (C=O) groups excluding carboxylic acids is 2. The van der Waals surface area contributed by atoms with E-state index in [9.17, 15) is 14.0 Å². The van der Waals surface area contributed by atoms with Crippen molar-refractivity contribution in [3.05, 3.63) is 29.6 Å². The lowest BCUT2D eigenvalue weighted by Gasteiger charge is -2.01. The van der Waals surface area contributed by atoms with Crippen molar-refractivity contribution in [2.75, 3.05) is 7.11 Å². The van der Waals surface area contributed by atoms with E-state index < -0.39 is 11.6 Å². The first-order chi connectivity index (χ1) is 6.19. The van der Waals surface area contributed by atoms with Gasteiger partial charge in [0, 0.05) is 6.07 Å². The summed E-state index contributed by atoms with van der Waals surface area (Å²) in [7, 11) is 1.38. The van der Waals surface area contributed by atoms with Gasteiger partial charge in [0.25, 0.3) is 0 Å². The highest BCUT2D eigenvalue weighted by Crippen LogP contribution is 2.15. The van der Waals surface area contributed by atoms with Gasteiger partial charge in [-0.25, -0.2) is 4.39 Å². The third-order valence-corrected chi connectivity index (χ3v) is 1.55. The third-order valence-electron chi connectivity index (χ3n) is 1.55. The summed E-state index contributed by atoms with van der Waals surface area (Å²) in [6.07, 6.45) is 0.0743. The molecule has 3 nitrogen and oxygen atoms in total. The van der Waals surface area contributed by atoms with Gasteiger partial charge in [-0.2, -0.15) is 0 Å². The normalized spacial score (nSPS) is 9.38. The summed E-state index contributed by atoms with van der Waals surface area (Å²) in [5.41, 5.74) is -0.240. The van der Waals surface area contributed by atoms with Gasteiger partial charge in [0.1, 0.15) is 11.6 Å². The Kier molecular flexibility index (Phi) is 2.74. The van der Waals surface area contributed by atoms with Crippen LogP contribution in [0.1, 0.15) is 10.4 Å². The molecular weight excluding hydrogens is 175 g/mol. The van der Waals surface area contributed by atoms with Gasteiger partial charge in [-0.05, 0) is 12.1 Å². The number of hydrogen-bond donors (Lipinski definition) is 0. The van der Waals surface area contributed by atoms with Crippen LogP contribution in [-0.4, -0.2) is 19.2 Å². The topological polar surface area (TPSA) is 43.4 Å². The average Bonchev–Trinajstić information content (AvgIpc) is 2.16. The molecule has 0 saturated carbocycles. The second kappa shape index (κ2) is 3.80. The number of benzene rings is 1. The van der Waals surface area contributed by atoms with Crippen molar-refractivity contribution < 1.29 is 18.7 Å². The Morgan fingerprint density at radius 1 is 1.54 bits per heavy atom. The summed E-state index contributed by atoms with van der Waals surface area (Å²) in [6.45, 7) is 0. The lowest BCUT2D eigenvalue weighted by Crippen LogP contribution is -2.03. The fourth-order valence-electron chi connectivity index (χ4n) is 0.886. The van der Waals surface area contributed by atoms with Gasteiger partial charge in [0.2, 0.25) is 5.78 Å². The third kappa shape index (κ3) is 1.90. The lowest BCUT2D eigenvalue weighted by molar-refractivity contribution is -0.104. The maximum absolute atomic E-state index is 13.0. The van der Waals surface area contributed by atoms with Gasteiger partial charge in [0.05, 0.1) is 12.7 Å². The fourth-order valence-corrected chi connectivity index (χ4v) is 0.886. The maximum Gasteiger partial charge on any atom is 0.228 e. The van der Waals surface area contributed by atoms with Gasteiger partial charge in [-0.15, -0.1) is 0 Å². The molecule has 13 heavy (non-hydrogen) atoms. The van der Waals surface area contributed by atoms with Crippen LogP contribution < -0.4 is 4.74 Å². The molecule has 0 aromatic heterocycles. The molecule has 0 bridgehead atoms. The standard InChI is InChI=1S/C9H7FO3/c1-13-6-2-3-7(8(10)4-6)9(12)5-11/h2-5H,1H3. The molecule has 68 valence electrons. The molecule has 0 fully saturated rings. The molecule has 0 atom stereocenters. The van der Waals surface area contributed by atoms with E-state index in [0.717, 1.165) is 6.07 Å². The Bertz CT molecular complexity index is 347. The zero-order chi connectivity index (χ0) is 9.84. The highest BCUT2D eigenvalue weighted by atomic mass is 19.1. The number of halogens is 1. The van der Waals surface area contributed by atoms with Crippen molar-refractivity contribution in [3.8, 4) is 5.75 Å². The molecule has 0 aliphatic rings. The van der Waals surface area contributed by atoms with E-state index >= 15 is 0 Å². The predicted octanol–water partition coefficient (Wildman–Crippen LogP) is 1.22. The van der Waals surface area contributed by atoms with Crippen molar-refractivity contribution in [1.29, 1.82) is 0 Å². The van der Waals surface area contributed by atoms with Crippen LogP contribution in [0.2, 0.25) is 0 Å². The Balaban J connectivity index is 3.12.